The van der Waals surface area contributed by atoms with Gasteiger partial charge in [0.1, 0.15) is 5.76 Å². The Morgan fingerprint density at radius 2 is 1.57 bits per heavy atom. The van der Waals surface area contributed by atoms with E-state index in [1.54, 1.807) is 0 Å². The van der Waals surface area contributed by atoms with Crippen LogP contribution in [0.4, 0.5) is 0 Å². The average molecular weight is 804 g/mol. The van der Waals surface area contributed by atoms with Crippen LogP contribution in [-0.2, 0) is 24.9 Å². The number of rotatable bonds is 7. The number of hydrogen-bond donors (Lipinski definition) is 1. The molecule has 0 bridgehead atoms. The van der Waals surface area contributed by atoms with Crippen LogP contribution in [-0.4, -0.2) is 30.4 Å². The van der Waals surface area contributed by atoms with E-state index in [0.717, 1.165) is 58.7 Å². The molecule has 6 rings (SSSR count). The Kier molecular flexibility index (Phi) is 9.85. The van der Waals surface area contributed by atoms with Crippen LogP contribution in [0.3, 0.4) is 0 Å². The molecule has 0 aliphatic heterocycles. The summed E-state index contributed by atoms with van der Waals surface area (Å²) in [5.41, 5.74) is 3.36. The molecule has 1 radical (unpaired) electrons. The molecule has 0 saturated heterocycles. The Hall–Kier alpha value is -2.75. The van der Waals surface area contributed by atoms with E-state index in [0.29, 0.717) is 0 Å². The third-order valence-corrected chi connectivity index (χ3v) is 11.5. The summed E-state index contributed by atoms with van der Waals surface area (Å²) in [4.78, 5) is 17.2. The summed E-state index contributed by atoms with van der Waals surface area (Å²) in [6, 6.07) is 24.4. The van der Waals surface area contributed by atoms with Crippen molar-refractivity contribution in [1.29, 1.82) is 0 Å². The summed E-state index contributed by atoms with van der Waals surface area (Å²) in [6.07, 6.45) is 4.75. The number of carbonyl (C=O) groups is 1. The minimum atomic E-state index is -0.337. The van der Waals surface area contributed by atoms with Crippen LogP contribution in [0.25, 0.3) is 52.3 Å². The van der Waals surface area contributed by atoms with E-state index in [2.05, 4.69) is 48.5 Å². The summed E-state index contributed by atoms with van der Waals surface area (Å²) in [5, 5.41) is 14.8. The zero-order chi connectivity index (χ0) is 29.4. The number of furan rings is 1. The standard InChI is InChI=1S/C21H10NOSe.C15H28O2.Ir/c1-2-7-14-12(5-1)11-18-21(22-14)13-6-3-8-15-19(13)20-16(23-15)9-4-10-17(20)24-18;1-7-14(5,8-2)12(16)11-13(17)15(6,9-3)10-4;/h1-5,7-11H;11,16H,7-10H2,1-6H3;/q-1;;/b;12-11-;. The van der Waals surface area contributed by atoms with E-state index in [1.807, 2.05) is 59.7 Å². The monoisotopic (exact) mass is 805 g/mol. The van der Waals surface area contributed by atoms with Crippen molar-refractivity contribution >= 4 is 72.6 Å². The number of carbonyl (C=O) groups excluding carboxylic acids is 1. The predicted octanol–water partition coefficient (Wildman–Crippen LogP) is 9.95. The topological polar surface area (TPSA) is 63.3 Å². The van der Waals surface area contributed by atoms with Crippen molar-refractivity contribution in [3.05, 3.63) is 78.6 Å². The number of benzene rings is 3. The first-order valence-corrected chi connectivity index (χ1v) is 16.3. The molecule has 0 saturated carbocycles. The fourth-order valence-electron chi connectivity index (χ4n) is 5.20. The summed E-state index contributed by atoms with van der Waals surface area (Å²) in [7, 11) is 0. The van der Waals surface area contributed by atoms with Crippen LogP contribution in [0.2, 0.25) is 0 Å². The van der Waals surface area contributed by atoms with Gasteiger partial charge in [0.25, 0.3) is 0 Å². The zero-order valence-electron chi connectivity index (χ0n) is 25.1. The Bertz CT molecular complexity index is 1910. The van der Waals surface area contributed by atoms with E-state index in [9.17, 15) is 9.90 Å². The number of ketones is 1. The van der Waals surface area contributed by atoms with Gasteiger partial charge in [0, 0.05) is 37.0 Å². The van der Waals surface area contributed by atoms with Crippen molar-refractivity contribution < 1.29 is 34.4 Å². The Morgan fingerprint density at radius 3 is 2.26 bits per heavy atom. The molecule has 0 aliphatic carbocycles. The van der Waals surface area contributed by atoms with Crippen molar-refractivity contribution in [2.24, 2.45) is 10.8 Å². The molecule has 221 valence electrons. The number of hydrogen-bond acceptors (Lipinski definition) is 4. The molecule has 0 fully saturated rings. The molecule has 4 nitrogen and oxygen atoms in total. The first-order valence-electron chi connectivity index (χ1n) is 14.6. The van der Waals surface area contributed by atoms with E-state index >= 15 is 0 Å². The molecule has 3 aromatic carbocycles. The Morgan fingerprint density at radius 1 is 0.905 bits per heavy atom. The van der Waals surface area contributed by atoms with Gasteiger partial charge in [-0.05, 0) is 25.7 Å². The van der Waals surface area contributed by atoms with Gasteiger partial charge in [-0.3, -0.25) is 4.79 Å². The maximum absolute atomic E-state index is 12.2. The second kappa shape index (κ2) is 12.9. The average Bonchev–Trinajstić information content (AvgIpc) is 3.33. The fourth-order valence-corrected chi connectivity index (χ4v) is 7.55. The summed E-state index contributed by atoms with van der Waals surface area (Å²) < 4.78 is 8.74. The molecule has 0 amide bonds. The minimum absolute atomic E-state index is 0. The number of aliphatic hydroxyl groups excluding tert-OH is 1. The van der Waals surface area contributed by atoms with Gasteiger partial charge in [0.15, 0.2) is 5.78 Å². The molecule has 6 aromatic rings. The van der Waals surface area contributed by atoms with Crippen molar-refractivity contribution in [2.75, 3.05) is 0 Å². The number of pyridine rings is 1. The normalized spacial score (nSPS) is 12.6. The fraction of sp³-hybridized carbons (Fsp3) is 0.333. The van der Waals surface area contributed by atoms with Crippen LogP contribution < -0.4 is 0 Å². The number of fused-ring (bicyclic) bond motifs is 3. The number of para-hydroxylation sites is 1. The zero-order valence-corrected chi connectivity index (χ0v) is 29.2. The number of aromatic nitrogens is 1. The molecular formula is C36H38IrNO3Se-. The van der Waals surface area contributed by atoms with Gasteiger partial charge in [-0.15, -0.1) is 0 Å². The van der Waals surface area contributed by atoms with Crippen molar-refractivity contribution in [1.82, 2.24) is 4.98 Å². The van der Waals surface area contributed by atoms with Gasteiger partial charge in [-0.1, -0.05) is 41.5 Å². The number of allylic oxidation sites excluding steroid dienone is 2. The molecule has 0 unspecified atom stereocenters. The van der Waals surface area contributed by atoms with Crippen molar-refractivity contribution in [2.45, 2.75) is 67.2 Å². The Balaban J connectivity index is 0.000000203. The van der Waals surface area contributed by atoms with E-state index in [1.165, 1.54) is 25.4 Å². The molecule has 0 atom stereocenters. The molecule has 0 spiro atoms. The van der Waals surface area contributed by atoms with E-state index in [-0.39, 0.29) is 57.0 Å². The van der Waals surface area contributed by atoms with Gasteiger partial charge in [-0.25, -0.2) is 0 Å². The van der Waals surface area contributed by atoms with Crippen LogP contribution >= 0.6 is 0 Å². The molecule has 3 aromatic heterocycles. The van der Waals surface area contributed by atoms with Crippen LogP contribution in [0.5, 0.6) is 0 Å². The van der Waals surface area contributed by atoms with Crippen molar-refractivity contribution in [3.63, 3.8) is 0 Å². The molecule has 3 heterocycles. The first kappa shape index (κ1) is 32.2. The van der Waals surface area contributed by atoms with E-state index in [4.69, 9.17) is 9.40 Å². The molecule has 1 N–H and O–H groups in total. The van der Waals surface area contributed by atoms with Gasteiger partial charge < -0.3 is 5.11 Å². The van der Waals surface area contributed by atoms with E-state index < -0.39 is 0 Å². The van der Waals surface area contributed by atoms with Gasteiger partial charge in [0.2, 0.25) is 0 Å². The predicted molar refractivity (Wildman–Crippen MR) is 173 cm³/mol. The number of nitrogens with zero attached hydrogens (tertiary/aromatic N) is 1. The first-order chi connectivity index (χ1) is 19.7. The molecule has 6 heteroatoms. The van der Waals surface area contributed by atoms with Crippen molar-refractivity contribution in [3.8, 4) is 0 Å². The molecule has 42 heavy (non-hydrogen) atoms. The summed E-state index contributed by atoms with van der Waals surface area (Å²) in [6.45, 7) is 12.1. The second-order valence-electron chi connectivity index (χ2n) is 11.4. The SMILES string of the molecule is CCC(C)(CC)C(=O)/C=C(\O)C(C)(CC)CC.[Ir].[c-]1ccc2oc3cccc4[se]c5cc6ccccc6nc5c1c2c34. The van der Waals surface area contributed by atoms with Crippen LogP contribution in [0.1, 0.15) is 67.2 Å². The summed E-state index contributed by atoms with van der Waals surface area (Å²) >= 11 is 0.190. The maximum atomic E-state index is 12.2. The summed E-state index contributed by atoms with van der Waals surface area (Å²) in [5.74, 6) is 0.286. The third kappa shape index (κ3) is 5.75. The number of aliphatic hydroxyl groups is 1. The van der Waals surface area contributed by atoms with Crippen LogP contribution in [0, 0.1) is 16.9 Å². The van der Waals surface area contributed by atoms with Gasteiger partial charge in [-0.2, -0.15) is 0 Å². The quantitative estimate of drug-likeness (QED) is 0.0756. The Labute approximate surface area is 267 Å². The second-order valence-corrected chi connectivity index (χ2v) is 13.7. The molecular weight excluding hydrogens is 766 g/mol. The van der Waals surface area contributed by atoms with Crippen LogP contribution in [0.15, 0.2) is 76.9 Å². The molecule has 0 aliphatic rings. The van der Waals surface area contributed by atoms with Gasteiger partial charge in [0.05, 0.1) is 0 Å². The third-order valence-electron chi connectivity index (χ3n) is 9.16. The van der Waals surface area contributed by atoms with Gasteiger partial charge >= 0.3 is 143 Å².